The van der Waals surface area contributed by atoms with Gasteiger partial charge in [0.05, 0.1) is 11.1 Å². The van der Waals surface area contributed by atoms with E-state index in [4.69, 9.17) is 14.3 Å². The van der Waals surface area contributed by atoms with Crippen LogP contribution >= 0.6 is 0 Å². The van der Waals surface area contributed by atoms with E-state index in [1.807, 2.05) is 0 Å². The van der Waals surface area contributed by atoms with E-state index in [2.05, 4.69) is 0 Å². The second kappa shape index (κ2) is 18.2. The topological polar surface area (TPSA) is 142 Å². The van der Waals surface area contributed by atoms with Crippen molar-refractivity contribution in [2.24, 2.45) is 0 Å². The molecule has 1 aliphatic carbocycles. The van der Waals surface area contributed by atoms with Gasteiger partial charge >= 0.3 is 11.9 Å². The zero-order valence-corrected chi connectivity index (χ0v) is 15.5. The van der Waals surface area contributed by atoms with Gasteiger partial charge in [-0.1, -0.05) is 44.2 Å². The van der Waals surface area contributed by atoms with Gasteiger partial charge in [-0.2, -0.15) is 0 Å². The van der Waals surface area contributed by atoms with Gasteiger partial charge in [-0.25, -0.2) is 28.1 Å². The van der Waals surface area contributed by atoms with E-state index < -0.39 is 18.3 Å². The van der Waals surface area contributed by atoms with E-state index in [0.29, 0.717) is 30.0 Å². The average Bonchev–Trinajstić information content (AvgIpc) is 2.67. The summed E-state index contributed by atoms with van der Waals surface area (Å²) in [5, 5.41) is 16.8. The maximum atomic E-state index is 10.2. The molecule has 0 aliphatic heterocycles. The number of hydrogen-bond acceptors (Lipinski definition) is 2. The first-order chi connectivity index (χ1) is 12.7. The van der Waals surface area contributed by atoms with Crippen LogP contribution in [-0.2, 0) is 17.1 Å². The predicted molar refractivity (Wildman–Crippen MR) is 105 cm³/mol. The molecule has 0 saturated heterocycles. The third kappa shape index (κ3) is 14.3. The number of hydrogen-bond donors (Lipinski definition) is 2. The molecule has 0 fully saturated rings. The molecular formula is C20H25CuN2O4-3. The SMILES string of the molecule is O=C(O)c1ccccc1.O=C(O)c1ccccc1.[2H]C1=C[CH-]C([2H])([2H])CC1.[Cu].[NH2-].[NH2-]. The molecule has 0 spiro atoms. The largest absolute Gasteiger partial charge is 0.693 e. The van der Waals surface area contributed by atoms with Crippen LogP contribution in [0.15, 0.2) is 72.8 Å². The Labute approximate surface area is 175 Å². The molecule has 2 aromatic rings. The van der Waals surface area contributed by atoms with Crippen LogP contribution in [0, 0.1) is 6.42 Å². The first-order valence-electron chi connectivity index (χ1n) is 8.79. The normalized spacial score (nSPS) is 14.2. The van der Waals surface area contributed by atoms with Gasteiger partial charge in [0.2, 0.25) is 0 Å². The Morgan fingerprint density at radius 1 is 0.889 bits per heavy atom. The number of aromatic carboxylic acids is 2. The van der Waals surface area contributed by atoms with Crippen molar-refractivity contribution in [2.45, 2.75) is 19.2 Å². The number of carbonyl (C=O) groups is 2. The van der Waals surface area contributed by atoms with Crippen LogP contribution in [0.25, 0.3) is 12.3 Å². The third-order valence-electron chi connectivity index (χ3n) is 2.77. The zero-order valence-electron chi connectivity index (χ0n) is 17.5. The van der Waals surface area contributed by atoms with Crippen LogP contribution in [0.2, 0.25) is 0 Å². The maximum Gasteiger partial charge on any atom is 0.335 e. The van der Waals surface area contributed by atoms with Crippen LogP contribution in [0.5, 0.6) is 0 Å². The maximum absolute atomic E-state index is 10.2. The quantitative estimate of drug-likeness (QED) is 0.442. The van der Waals surface area contributed by atoms with E-state index in [1.165, 1.54) is 6.42 Å². The van der Waals surface area contributed by atoms with Crippen molar-refractivity contribution in [3.05, 3.63) is 103 Å². The molecular weight excluding hydrogens is 396 g/mol. The van der Waals surface area contributed by atoms with Crippen LogP contribution in [0.4, 0.5) is 0 Å². The summed E-state index contributed by atoms with van der Waals surface area (Å²) in [4.78, 5) is 20.4. The van der Waals surface area contributed by atoms with Crippen molar-refractivity contribution >= 4 is 11.9 Å². The molecule has 3 rings (SSSR count). The van der Waals surface area contributed by atoms with Gasteiger partial charge in [0.15, 0.2) is 0 Å². The summed E-state index contributed by atoms with van der Waals surface area (Å²) in [6.07, 6.45) is 2.87. The summed E-state index contributed by atoms with van der Waals surface area (Å²) in [6, 6.07) is 17.1. The summed E-state index contributed by atoms with van der Waals surface area (Å²) in [7, 11) is 0. The Balaban J connectivity index is -0.000000347. The molecule has 153 valence electrons. The minimum Gasteiger partial charge on any atom is -0.693 e. The molecule has 6 nitrogen and oxygen atoms in total. The van der Waals surface area contributed by atoms with Gasteiger partial charge in [-0.15, -0.1) is 12.8 Å². The van der Waals surface area contributed by atoms with Crippen molar-refractivity contribution in [2.75, 3.05) is 0 Å². The molecule has 0 heterocycles. The Kier molecular flexibility index (Phi) is 15.2. The molecule has 0 atom stereocenters. The van der Waals surface area contributed by atoms with Crippen molar-refractivity contribution in [1.82, 2.24) is 0 Å². The number of carboxylic acid groups (broad SMARTS) is 2. The van der Waals surface area contributed by atoms with Crippen LogP contribution < -0.4 is 0 Å². The molecule has 1 aliphatic rings. The van der Waals surface area contributed by atoms with Crippen LogP contribution in [0.3, 0.4) is 0 Å². The summed E-state index contributed by atoms with van der Waals surface area (Å²) in [5.74, 6) is -1.76. The summed E-state index contributed by atoms with van der Waals surface area (Å²) < 4.78 is 21.5. The number of rotatable bonds is 2. The number of nitrogens with two attached hydrogens (primary N) is 2. The number of allylic oxidation sites excluding steroid dienone is 2. The third-order valence-corrected chi connectivity index (χ3v) is 2.77. The average molecular weight is 424 g/mol. The van der Waals surface area contributed by atoms with Crippen LogP contribution in [-0.4, -0.2) is 22.2 Å². The molecule has 2 aromatic carbocycles. The van der Waals surface area contributed by atoms with Crippen molar-refractivity contribution in [1.29, 1.82) is 0 Å². The Morgan fingerprint density at radius 2 is 1.30 bits per heavy atom. The number of carboxylic acids is 2. The first kappa shape index (κ1) is 22.5. The fourth-order valence-electron chi connectivity index (χ4n) is 1.59. The van der Waals surface area contributed by atoms with Gasteiger partial charge in [-0.05, 0) is 24.3 Å². The zero-order chi connectivity index (χ0) is 20.3. The van der Waals surface area contributed by atoms with E-state index in [1.54, 1.807) is 66.7 Å². The number of benzene rings is 2. The molecule has 0 saturated carbocycles. The minimum atomic E-state index is -1.16. The molecule has 27 heavy (non-hydrogen) atoms. The van der Waals surface area contributed by atoms with E-state index in [0.717, 1.165) is 0 Å². The second-order valence-electron chi connectivity index (χ2n) is 4.58. The van der Waals surface area contributed by atoms with Gasteiger partial charge in [0, 0.05) is 19.8 Å². The van der Waals surface area contributed by atoms with Gasteiger partial charge in [-0.3, -0.25) is 0 Å². The smallest absolute Gasteiger partial charge is 0.335 e. The van der Waals surface area contributed by atoms with E-state index >= 15 is 0 Å². The van der Waals surface area contributed by atoms with E-state index in [9.17, 15) is 9.59 Å². The predicted octanol–water partition coefficient (Wildman–Crippen LogP) is 6.13. The second-order valence-corrected chi connectivity index (χ2v) is 4.58. The van der Waals surface area contributed by atoms with Gasteiger partial charge in [0.25, 0.3) is 0 Å². The van der Waals surface area contributed by atoms with Gasteiger partial charge < -0.3 is 22.5 Å². The fourth-order valence-corrected chi connectivity index (χ4v) is 1.59. The summed E-state index contributed by atoms with van der Waals surface area (Å²) >= 11 is 0. The monoisotopic (exact) mass is 423 g/mol. The molecule has 1 radical (unpaired) electrons. The molecule has 0 amide bonds. The van der Waals surface area contributed by atoms with Crippen molar-refractivity contribution in [3.63, 3.8) is 0 Å². The van der Waals surface area contributed by atoms with Crippen LogP contribution in [0.1, 0.15) is 44.0 Å². The van der Waals surface area contributed by atoms with Gasteiger partial charge in [0.1, 0.15) is 0 Å². The molecule has 0 unspecified atom stereocenters. The van der Waals surface area contributed by atoms with Crippen molar-refractivity contribution < 1.29 is 41.0 Å². The Bertz CT molecular complexity index is 727. The molecule has 7 heteroatoms. The summed E-state index contributed by atoms with van der Waals surface area (Å²) in [5.41, 5.74) is 0.662. The molecule has 0 aromatic heterocycles. The standard InChI is InChI=1S/2C7H6O2.C6H9.Cu.2H2N/c2*8-7(9)6-4-2-1-3-5-6;1-2-4-6-5-3-1;;;/h2*1-5H,(H,8,9);1-3H,4-6H2;;2*1H2/q;;-1;;2*-1/i;;2D,5D2;;;. The Hall–Kier alpha value is -2.57. The molecule has 0 bridgehead atoms. The first-order valence-corrected chi connectivity index (χ1v) is 7.29. The van der Waals surface area contributed by atoms with E-state index in [-0.39, 0.29) is 29.4 Å². The molecule has 6 N–H and O–H groups in total. The Morgan fingerprint density at radius 3 is 1.52 bits per heavy atom. The minimum absolute atomic E-state index is 0. The van der Waals surface area contributed by atoms with Crippen molar-refractivity contribution in [3.8, 4) is 0 Å². The summed E-state index contributed by atoms with van der Waals surface area (Å²) in [6.45, 7) is 0. The fraction of sp³-hybridized carbons (Fsp3) is 0.150.